The van der Waals surface area contributed by atoms with E-state index in [1.165, 1.54) is 5.56 Å². The lowest BCUT2D eigenvalue weighted by Gasteiger charge is -2.20. The van der Waals surface area contributed by atoms with E-state index in [-0.39, 0.29) is 5.56 Å². The van der Waals surface area contributed by atoms with E-state index in [1.807, 2.05) is 30.3 Å². The maximum atomic E-state index is 12.0. The van der Waals surface area contributed by atoms with Crippen molar-refractivity contribution in [2.75, 3.05) is 6.54 Å². The normalized spacial score (nSPS) is 10.9. The average molecular weight is 320 g/mol. The van der Waals surface area contributed by atoms with Crippen LogP contribution in [0.4, 0.5) is 0 Å². The van der Waals surface area contributed by atoms with Crippen molar-refractivity contribution in [3.8, 4) is 11.4 Å². The number of pyridine rings is 1. The topological polar surface area (TPSA) is 61.9 Å². The molecule has 0 aliphatic rings. The minimum atomic E-state index is -0.144. The van der Waals surface area contributed by atoms with Crippen molar-refractivity contribution in [3.05, 3.63) is 82.5 Å². The molecule has 24 heavy (non-hydrogen) atoms. The molecule has 3 rings (SSSR count). The first-order valence-corrected chi connectivity index (χ1v) is 8.01. The van der Waals surface area contributed by atoms with Crippen LogP contribution in [0.5, 0.6) is 0 Å². The van der Waals surface area contributed by atoms with E-state index < -0.39 is 0 Å². The maximum Gasteiger partial charge on any atom is 0.251 e. The third-order valence-corrected chi connectivity index (χ3v) is 3.81. The fourth-order valence-corrected chi connectivity index (χ4v) is 2.58. The summed E-state index contributed by atoms with van der Waals surface area (Å²) in [5.74, 6) is 0.557. The number of nitrogens with zero attached hydrogens (tertiary/aromatic N) is 3. The predicted octanol–water partition coefficient (Wildman–Crippen LogP) is 2.85. The standard InChI is InChI=1S/C19H20N4O/c1-2-23(13-15-7-4-3-5-8-15)14-17-11-18(24)22-19(21-17)16-9-6-10-20-12-16/h3-12H,2,13-14H2,1H3,(H,21,22,24). The van der Waals surface area contributed by atoms with Crippen LogP contribution >= 0.6 is 0 Å². The van der Waals surface area contributed by atoms with Gasteiger partial charge < -0.3 is 4.98 Å². The summed E-state index contributed by atoms with van der Waals surface area (Å²) < 4.78 is 0. The molecular formula is C19H20N4O. The molecular weight excluding hydrogens is 300 g/mol. The smallest absolute Gasteiger partial charge is 0.251 e. The van der Waals surface area contributed by atoms with E-state index in [2.05, 4.69) is 38.9 Å². The molecule has 5 heteroatoms. The van der Waals surface area contributed by atoms with Crippen LogP contribution in [0, 0.1) is 0 Å². The highest BCUT2D eigenvalue weighted by Gasteiger charge is 2.09. The van der Waals surface area contributed by atoms with Crippen molar-refractivity contribution < 1.29 is 0 Å². The second kappa shape index (κ2) is 7.66. The largest absolute Gasteiger partial charge is 0.306 e. The van der Waals surface area contributed by atoms with Gasteiger partial charge in [-0.15, -0.1) is 0 Å². The van der Waals surface area contributed by atoms with Crippen molar-refractivity contribution in [1.82, 2.24) is 19.9 Å². The molecule has 2 heterocycles. The van der Waals surface area contributed by atoms with Gasteiger partial charge in [-0.05, 0) is 24.2 Å². The second-order valence-electron chi connectivity index (χ2n) is 5.62. The Balaban J connectivity index is 1.81. The molecule has 0 aliphatic carbocycles. The number of nitrogens with one attached hydrogen (secondary N) is 1. The molecule has 0 spiro atoms. The van der Waals surface area contributed by atoms with Crippen molar-refractivity contribution in [1.29, 1.82) is 0 Å². The van der Waals surface area contributed by atoms with Gasteiger partial charge in [0.05, 0.1) is 5.69 Å². The number of H-pyrrole nitrogens is 1. The van der Waals surface area contributed by atoms with Gasteiger partial charge in [0.25, 0.3) is 5.56 Å². The van der Waals surface area contributed by atoms with Gasteiger partial charge in [-0.1, -0.05) is 37.3 Å². The highest BCUT2D eigenvalue weighted by molar-refractivity contribution is 5.52. The molecule has 0 unspecified atom stereocenters. The molecule has 1 aromatic carbocycles. The molecule has 0 saturated carbocycles. The Labute approximate surface area is 141 Å². The van der Waals surface area contributed by atoms with Crippen molar-refractivity contribution in [2.24, 2.45) is 0 Å². The quantitative estimate of drug-likeness (QED) is 0.758. The maximum absolute atomic E-state index is 12.0. The van der Waals surface area contributed by atoms with E-state index >= 15 is 0 Å². The molecule has 0 amide bonds. The Hall–Kier alpha value is -2.79. The molecule has 0 bridgehead atoms. The van der Waals surface area contributed by atoms with E-state index in [0.29, 0.717) is 12.4 Å². The molecule has 0 fully saturated rings. The van der Waals surface area contributed by atoms with E-state index in [1.54, 1.807) is 18.5 Å². The SMILES string of the molecule is CCN(Cc1ccccc1)Cc1cc(=O)[nH]c(-c2cccnc2)n1. The summed E-state index contributed by atoms with van der Waals surface area (Å²) in [6.07, 6.45) is 3.40. The third kappa shape index (κ3) is 4.14. The summed E-state index contributed by atoms with van der Waals surface area (Å²) >= 11 is 0. The number of aromatic amines is 1. The number of hydrogen-bond acceptors (Lipinski definition) is 4. The van der Waals surface area contributed by atoms with Crippen LogP contribution in [0.1, 0.15) is 18.2 Å². The molecule has 3 aromatic rings. The fourth-order valence-electron chi connectivity index (χ4n) is 2.58. The third-order valence-electron chi connectivity index (χ3n) is 3.81. The molecule has 0 saturated heterocycles. The zero-order chi connectivity index (χ0) is 16.8. The van der Waals surface area contributed by atoms with Crippen LogP contribution in [0.25, 0.3) is 11.4 Å². The lowest BCUT2D eigenvalue weighted by molar-refractivity contribution is 0.268. The van der Waals surface area contributed by atoms with Crippen molar-refractivity contribution in [2.45, 2.75) is 20.0 Å². The zero-order valence-corrected chi connectivity index (χ0v) is 13.6. The van der Waals surface area contributed by atoms with Crippen molar-refractivity contribution in [3.63, 3.8) is 0 Å². The van der Waals surface area contributed by atoms with Gasteiger partial charge in [-0.2, -0.15) is 0 Å². The van der Waals surface area contributed by atoms with E-state index in [4.69, 9.17) is 0 Å². The van der Waals surface area contributed by atoms with Gasteiger partial charge in [-0.25, -0.2) is 4.98 Å². The van der Waals surface area contributed by atoms with Gasteiger partial charge in [0.15, 0.2) is 0 Å². The van der Waals surface area contributed by atoms with Gasteiger partial charge in [-0.3, -0.25) is 14.7 Å². The van der Waals surface area contributed by atoms with Crippen LogP contribution in [0.15, 0.2) is 65.7 Å². The van der Waals surface area contributed by atoms with Crippen molar-refractivity contribution >= 4 is 0 Å². The number of hydrogen-bond donors (Lipinski definition) is 1. The number of benzene rings is 1. The van der Waals surface area contributed by atoms with Crippen LogP contribution in [-0.4, -0.2) is 26.4 Å². The summed E-state index contributed by atoms with van der Waals surface area (Å²) in [7, 11) is 0. The zero-order valence-electron chi connectivity index (χ0n) is 13.6. The van der Waals surface area contributed by atoms with E-state index in [9.17, 15) is 4.79 Å². The summed E-state index contributed by atoms with van der Waals surface area (Å²) in [4.78, 5) is 25.7. The Morgan fingerprint density at radius 1 is 1.08 bits per heavy atom. The number of rotatable bonds is 6. The molecule has 2 aromatic heterocycles. The second-order valence-corrected chi connectivity index (χ2v) is 5.62. The molecule has 122 valence electrons. The minimum Gasteiger partial charge on any atom is -0.306 e. The Morgan fingerprint density at radius 2 is 1.92 bits per heavy atom. The van der Waals surface area contributed by atoms with Crippen LogP contribution in [0.3, 0.4) is 0 Å². The summed E-state index contributed by atoms with van der Waals surface area (Å²) in [6, 6.07) is 15.6. The first-order valence-electron chi connectivity index (χ1n) is 8.01. The number of aromatic nitrogens is 3. The first kappa shape index (κ1) is 16.1. The first-order chi connectivity index (χ1) is 11.7. The highest BCUT2D eigenvalue weighted by atomic mass is 16.1. The molecule has 1 N–H and O–H groups in total. The molecule has 5 nitrogen and oxygen atoms in total. The van der Waals surface area contributed by atoms with Gasteiger partial charge >= 0.3 is 0 Å². The predicted molar refractivity (Wildman–Crippen MR) is 94.3 cm³/mol. The van der Waals surface area contributed by atoms with Gasteiger partial charge in [0, 0.05) is 37.1 Å². The van der Waals surface area contributed by atoms with E-state index in [0.717, 1.165) is 24.3 Å². The van der Waals surface area contributed by atoms with Gasteiger partial charge in [0.1, 0.15) is 5.82 Å². The highest BCUT2D eigenvalue weighted by Crippen LogP contribution is 2.13. The minimum absolute atomic E-state index is 0.144. The fraction of sp³-hybridized carbons (Fsp3) is 0.211. The molecule has 0 aliphatic heterocycles. The Morgan fingerprint density at radius 3 is 2.62 bits per heavy atom. The van der Waals surface area contributed by atoms with Crippen LogP contribution < -0.4 is 5.56 Å². The lowest BCUT2D eigenvalue weighted by Crippen LogP contribution is -2.24. The molecule has 0 radical (unpaired) electrons. The lowest BCUT2D eigenvalue weighted by atomic mass is 10.2. The van der Waals surface area contributed by atoms with Gasteiger partial charge in [0.2, 0.25) is 0 Å². The Bertz CT molecular complexity index is 831. The Kier molecular flexibility index (Phi) is 5.13. The van der Waals surface area contributed by atoms with Crippen LogP contribution in [0.2, 0.25) is 0 Å². The summed E-state index contributed by atoms with van der Waals surface area (Å²) in [6.45, 7) is 4.44. The summed E-state index contributed by atoms with van der Waals surface area (Å²) in [5.41, 5.74) is 2.67. The molecule has 0 atom stereocenters. The average Bonchev–Trinajstić information content (AvgIpc) is 2.62. The monoisotopic (exact) mass is 320 g/mol. The summed E-state index contributed by atoms with van der Waals surface area (Å²) in [5, 5.41) is 0. The van der Waals surface area contributed by atoms with Crippen LogP contribution in [-0.2, 0) is 13.1 Å².